The minimum Gasteiger partial charge on any atom is -0.395 e. The van der Waals surface area contributed by atoms with Crippen LogP contribution < -0.4 is 5.32 Å². The Morgan fingerprint density at radius 3 is 2.16 bits per heavy atom. The summed E-state index contributed by atoms with van der Waals surface area (Å²) in [5.74, 6) is 1.58. The Balaban J connectivity index is 1.87. The van der Waals surface area contributed by atoms with Crippen LogP contribution in [0.15, 0.2) is 0 Å². The third-order valence-corrected chi connectivity index (χ3v) is 5.35. The highest BCUT2D eigenvalue weighted by molar-refractivity contribution is 4.88. The Labute approximate surface area is 118 Å². The molecule has 0 aromatic rings. The summed E-state index contributed by atoms with van der Waals surface area (Å²) in [4.78, 5) is 2.51. The molecular formula is C16H32N2O. The monoisotopic (exact) mass is 268 g/mol. The predicted octanol–water partition coefficient (Wildman–Crippen LogP) is 2.10. The van der Waals surface area contributed by atoms with Crippen molar-refractivity contribution in [2.75, 3.05) is 32.8 Å². The van der Waals surface area contributed by atoms with Crippen molar-refractivity contribution < 1.29 is 5.11 Å². The molecule has 1 saturated carbocycles. The molecule has 0 aromatic heterocycles. The van der Waals surface area contributed by atoms with Crippen molar-refractivity contribution in [3.05, 3.63) is 0 Å². The van der Waals surface area contributed by atoms with Crippen LogP contribution in [-0.2, 0) is 0 Å². The molecule has 1 aliphatic carbocycles. The maximum Gasteiger partial charge on any atom is 0.0589 e. The van der Waals surface area contributed by atoms with E-state index in [2.05, 4.69) is 31.0 Å². The molecule has 2 N–H and O–H groups in total. The Hall–Kier alpha value is -0.120. The number of nitrogens with one attached hydrogen (secondary N) is 1. The standard InChI is InChI=1S/C16H32N2O/c1-16(2,3)14-6-4-13(5-7-14)15(12-19)18-10-8-17-9-11-18/h13-15,17,19H,4-12H2,1-3H3. The van der Waals surface area contributed by atoms with Crippen LogP contribution in [0.1, 0.15) is 46.5 Å². The van der Waals surface area contributed by atoms with Crippen LogP contribution in [0.2, 0.25) is 0 Å². The number of aliphatic hydroxyl groups excluding tert-OH is 1. The highest BCUT2D eigenvalue weighted by atomic mass is 16.3. The summed E-state index contributed by atoms with van der Waals surface area (Å²) in [6.07, 6.45) is 5.29. The topological polar surface area (TPSA) is 35.5 Å². The fourth-order valence-corrected chi connectivity index (χ4v) is 3.95. The molecular weight excluding hydrogens is 236 g/mol. The Morgan fingerprint density at radius 1 is 1.11 bits per heavy atom. The summed E-state index contributed by atoms with van der Waals surface area (Å²) in [5.41, 5.74) is 0.453. The third kappa shape index (κ3) is 3.93. The number of hydrogen-bond acceptors (Lipinski definition) is 3. The van der Waals surface area contributed by atoms with Crippen molar-refractivity contribution in [1.82, 2.24) is 10.2 Å². The molecule has 0 radical (unpaired) electrons. The first-order valence-electron chi connectivity index (χ1n) is 8.08. The first kappa shape index (κ1) is 15.3. The molecule has 0 aromatic carbocycles. The van der Waals surface area contributed by atoms with Gasteiger partial charge in [0.1, 0.15) is 0 Å². The van der Waals surface area contributed by atoms with E-state index < -0.39 is 0 Å². The van der Waals surface area contributed by atoms with E-state index in [1.165, 1.54) is 25.7 Å². The van der Waals surface area contributed by atoms with Crippen molar-refractivity contribution >= 4 is 0 Å². The van der Waals surface area contributed by atoms with Crippen LogP contribution in [-0.4, -0.2) is 48.8 Å². The first-order chi connectivity index (χ1) is 9.02. The highest BCUT2D eigenvalue weighted by Gasteiger charge is 2.34. The van der Waals surface area contributed by atoms with E-state index in [4.69, 9.17) is 0 Å². The highest BCUT2D eigenvalue weighted by Crippen LogP contribution is 2.41. The van der Waals surface area contributed by atoms with Gasteiger partial charge in [0.25, 0.3) is 0 Å². The number of aliphatic hydroxyl groups is 1. The van der Waals surface area contributed by atoms with Crippen LogP contribution in [0.25, 0.3) is 0 Å². The van der Waals surface area contributed by atoms with E-state index in [1.54, 1.807) is 0 Å². The van der Waals surface area contributed by atoms with Gasteiger partial charge in [-0.15, -0.1) is 0 Å². The van der Waals surface area contributed by atoms with Crippen molar-refractivity contribution in [3.63, 3.8) is 0 Å². The SMILES string of the molecule is CC(C)(C)C1CCC(C(CO)N2CCNCC2)CC1. The zero-order chi connectivity index (χ0) is 13.9. The molecule has 0 spiro atoms. The van der Waals surface area contributed by atoms with Crippen LogP contribution in [0.4, 0.5) is 0 Å². The average Bonchev–Trinajstić information content (AvgIpc) is 2.40. The average molecular weight is 268 g/mol. The van der Waals surface area contributed by atoms with Gasteiger partial charge in [-0.25, -0.2) is 0 Å². The van der Waals surface area contributed by atoms with E-state index in [9.17, 15) is 5.11 Å². The number of hydrogen-bond donors (Lipinski definition) is 2. The second-order valence-corrected chi connectivity index (χ2v) is 7.51. The molecule has 2 aliphatic rings. The normalized spacial score (nSPS) is 32.2. The Morgan fingerprint density at radius 2 is 1.68 bits per heavy atom. The number of nitrogens with zero attached hydrogens (tertiary/aromatic N) is 1. The van der Waals surface area contributed by atoms with E-state index in [-0.39, 0.29) is 0 Å². The maximum absolute atomic E-state index is 9.79. The van der Waals surface area contributed by atoms with E-state index >= 15 is 0 Å². The Kier molecular flexibility index (Phi) is 5.27. The lowest BCUT2D eigenvalue weighted by molar-refractivity contribution is 0.0373. The van der Waals surface area contributed by atoms with Gasteiger partial charge in [-0.2, -0.15) is 0 Å². The zero-order valence-corrected chi connectivity index (χ0v) is 13.0. The van der Waals surface area contributed by atoms with Gasteiger partial charge in [0.2, 0.25) is 0 Å². The van der Waals surface area contributed by atoms with Crippen LogP contribution in [0.5, 0.6) is 0 Å². The lowest BCUT2D eigenvalue weighted by atomic mass is 9.68. The van der Waals surface area contributed by atoms with Gasteiger partial charge in [-0.1, -0.05) is 20.8 Å². The largest absolute Gasteiger partial charge is 0.395 e. The lowest BCUT2D eigenvalue weighted by Crippen LogP contribution is -2.52. The summed E-state index contributed by atoms with van der Waals surface area (Å²) < 4.78 is 0. The van der Waals surface area contributed by atoms with Gasteiger partial charge in [0, 0.05) is 32.2 Å². The second-order valence-electron chi connectivity index (χ2n) is 7.51. The van der Waals surface area contributed by atoms with Crippen molar-refractivity contribution in [2.24, 2.45) is 17.3 Å². The molecule has 1 aliphatic heterocycles. The number of piperazine rings is 1. The van der Waals surface area contributed by atoms with Crippen molar-refractivity contribution in [1.29, 1.82) is 0 Å². The van der Waals surface area contributed by atoms with Gasteiger partial charge in [0.05, 0.1) is 6.61 Å². The van der Waals surface area contributed by atoms with Gasteiger partial charge >= 0.3 is 0 Å². The minimum atomic E-state index is 0.338. The number of rotatable bonds is 3. The molecule has 112 valence electrons. The fraction of sp³-hybridized carbons (Fsp3) is 1.00. The molecule has 2 fully saturated rings. The van der Waals surface area contributed by atoms with Crippen LogP contribution in [0, 0.1) is 17.3 Å². The molecule has 1 heterocycles. The van der Waals surface area contributed by atoms with Gasteiger partial charge in [-0.05, 0) is 42.9 Å². The van der Waals surface area contributed by atoms with Gasteiger partial charge in [0.15, 0.2) is 0 Å². The molecule has 2 rings (SSSR count). The summed E-state index contributed by atoms with van der Waals surface area (Å²) in [6, 6.07) is 0.406. The minimum absolute atomic E-state index is 0.338. The van der Waals surface area contributed by atoms with E-state index in [0.717, 1.165) is 32.1 Å². The molecule has 19 heavy (non-hydrogen) atoms. The summed E-state index contributed by atoms with van der Waals surface area (Å²) in [5, 5.41) is 13.2. The van der Waals surface area contributed by atoms with E-state index in [0.29, 0.717) is 24.0 Å². The van der Waals surface area contributed by atoms with Crippen LogP contribution in [0.3, 0.4) is 0 Å². The Bertz CT molecular complexity index is 260. The maximum atomic E-state index is 9.79. The molecule has 3 heteroatoms. The molecule has 0 amide bonds. The van der Waals surface area contributed by atoms with Crippen molar-refractivity contribution in [2.45, 2.75) is 52.5 Å². The van der Waals surface area contributed by atoms with Crippen LogP contribution >= 0.6 is 0 Å². The summed E-state index contributed by atoms with van der Waals surface area (Å²) >= 11 is 0. The van der Waals surface area contributed by atoms with Crippen molar-refractivity contribution in [3.8, 4) is 0 Å². The first-order valence-corrected chi connectivity index (χ1v) is 8.08. The summed E-state index contributed by atoms with van der Waals surface area (Å²) in [6.45, 7) is 11.8. The third-order valence-electron chi connectivity index (χ3n) is 5.35. The quantitative estimate of drug-likeness (QED) is 0.823. The lowest BCUT2D eigenvalue weighted by Gasteiger charge is -2.43. The molecule has 0 bridgehead atoms. The molecule has 1 unspecified atom stereocenters. The fourth-order valence-electron chi connectivity index (χ4n) is 3.95. The molecule has 1 atom stereocenters. The summed E-state index contributed by atoms with van der Waals surface area (Å²) in [7, 11) is 0. The predicted molar refractivity (Wildman–Crippen MR) is 80.2 cm³/mol. The van der Waals surface area contributed by atoms with E-state index in [1.807, 2.05) is 0 Å². The van der Waals surface area contributed by atoms with Gasteiger partial charge in [-0.3, -0.25) is 4.90 Å². The van der Waals surface area contributed by atoms with Gasteiger partial charge < -0.3 is 10.4 Å². The second kappa shape index (κ2) is 6.55. The smallest absolute Gasteiger partial charge is 0.0589 e. The molecule has 1 saturated heterocycles. The molecule has 3 nitrogen and oxygen atoms in total. The zero-order valence-electron chi connectivity index (χ0n) is 13.0.